The highest BCUT2D eigenvalue weighted by molar-refractivity contribution is 5.99. The van der Waals surface area contributed by atoms with Crippen LogP contribution >= 0.6 is 0 Å². The Morgan fingerprint density at radius 3 is 2.71 bits per heavy atom. The van der Waals surface area contributed by atoms with Crippen LogP contribution in [0.3, 0.4) is 0 Å². The van der Waals surface area contributed by atoms with Crippen molar-refractivity contribution in [1.29, 1.82) is 0 Å². The number of ketones is 1. The Kier molecular flexibility index (Phi) is 3.77. The number of amides is 1. The second kappa shape index (κ2) is 5.43. The van der Waals surface area contributed by atoms with Gasteiger partial charge in [0.2, 0.25) is 5.91 Å². The third kappa shape index (κ3) is 2.72. The van der Waals surface area contributed by atoms with Crippen molar-refractivity contribution in [3.05, 3.63) is 23.7 Å². The number of carbonyl (C=O) groups is 2. The topological polar surface area (TPSA) is 94.1 Å². The molecule has 3 rings (SSSR count). The van der Waals surface area contributed by atoms with E-state index in [0.717, 1.165) is 18.5 Å². The summed E-state index contributed by atoms with van der Waals surface area (Å²) in [6.07, 6.45) is 5.21. The van der Waals surface area contributed by atoms with Crippen LogP contribution in [0.15, 0.2) is 18.0 Å². The van der Waals surface area contributed by atoms with E-state index in [1.165, 1.54) is 0 Å². The molecule has 1 aromatic heterocycles. The lowest BCUT2D eigenvalue weighted by atomic mass is 9.65. The molecule has 2 atom stereocenters. The number of carbonyl (C=O) groups excluding carboxylic acids is 2. The summed E-state index contributed by atoms with van der Waals surface area (Å²) < 4.78 is 1.60. The number of nitrogens with two attached hydrogens (primary N) is 1. The number of allylic oxidation sites excluding steroid dienone is 1. The van der Waals surface area contributed by atoms with Crippen LogP contribution in [0.25, 0.3) is 0 Å². The average Bonchev–Trinajstić information content (AvgIpc) is 3.10. The highest BCUT2D eigenvalue weighted by atomic mass is 16.2. The quantitative estimate of drug-likeness (QED) is 0.879. The zero-order valence-corrected chi connectivity index (χ0v) is 14.7. The maximum atomic E-state index is 12.8. The van der Waals surface area contributed by atoms with Gasteiger partial charge >= 0.3 is 0 Å². The molecule has 0 bridgehead atoms. The van der Waals surface area contributed by atoms with E-state index in [9.17, 15) is 9.59 Å². The number of nitrogens with zero attached hydrogens (tertiary/aromatic N) is 4. The third-order valence-corrected chi connectivity index (χ3v) is 5.21. The first-order valence-electron chi connectivity index (χ1n) is 8.34. The zero-order valence-electron chi connectivity index (χ0n) is 14.7. The summed E-state index contributed by atoms with van der Waals surface area (Å²) in [5, 5.41) is 7.95. The molecule has 2 aliphatic rings. The number of rotatable bonds is 2. The first-order chi connectivity index (χ1) is 11.1. The van der Waals surface area contributed by atoms with Gasteiger partial charge in [-0.3, -0.25) is 9.59 Å². The summed E-state index contributed by atoms with van der Waals surface area (Å²) in [7, 11) is 0. The van der Waals surface area contributed by atoms with Crippen molar-refractivity contribution in [2.24, 2.45) is 16.6 Å². The van der Waals surface area contributed by atoms with Gasteiger partial charge in [0.05, 0.1) is 11.4 Å². The van der Waals surface area contributed by atoms with Crippen molar-refractivity contribution in [2.75, 3.05) is 13.1 Å². The van der Waals surface area contributed by atoms with Crippen LogP contribution in [0.4, 0.5) is 0 Å². The van der Waals surface area contributed by atoms with Gasteiger partial charge in [0.25, 0.3) is 0 Å². The molecule has 7 heteroatoms. The molecule has 0 aromatic carbocycles. The smallest absolute Gasteiger partial charge is 0.247 e. The molecule has 1 aliphatic carbocycles. The predicted molar refractivity (Wildman–Crippen MR) is 88.8 cm³/mol. The molecule has 2 heterocycles. The Morgan fingerprint density at radius 2 is 2.12 bits per heavy atom. The van der Waals surface area contributed by atoms with Gasteiger partial charge in [0.1, 0.15) is 6.04 Å². The lowest BCUT2D eigenvalue weighted by Crippen LogP contribution is -2.43. The van der Waals surface area contributed by atoms with Gasteiger partial charge in [-0.1, -0.05) is 19.1 Å². The fourth-order valence-electron chi connectivity index (χ4n) is 4.08. The zero-order chi connectivity index (χ0) is 17.7. The molecule has 1 amide bonds. The van der Waals surface area contributed by atoms with E-state index in [1.54, 1.807) is 10.9 Å². The Bertz CT molecular complexity index is 720. The highest BCUT2D eigenvalue weighted by Crippen LogP contribution is 2.47. The van der Waals surface area contributed by atoms with Crippen LogP contribution < -0.4 is 5.73 Å². The van der Waals surface area contributed by atoms with E-state index in [4.69, 9.17) is 5.73 Å². The summed E-state index contributed by atoms with van der Waals surface area (Å²) in [6.45, 7) is 8.82. The summed E-state index contributed by atoms with van der Waals surface area (Å²) in [6, 6.07) is -0.388. The lowest BCUT2D eigenvalue weighted by Gasteiger charge is -2.39. The minimum Gasteiger partial charge on any atom is -0.396 e. The van der Waals surface area contributed by atoms with Crippen LogP contribution in [-0.2, 0) is 9.59 Å². The number of hydrogen-bond acceptors (Lipinski definition) is 5. The molecule has 0 saturated carbocycles. The monoisotopic (exact) mass is 331 g/mol. The van der Waals surface area contributed by atoms with Gasteiger partial charge in [-0.25, -0.2) is 4.68 Å². The molecular formula is C17H25N5O2. The average molecular weight is 331 g/mol. The maximum absolute atomic E-state index is 12.8. The van der Waals surface area contributed by atoms with Crippen LogP contribution in [0.2, 0.25) is 0 Å². The van der Waals surface area contributed by atoms with Gasteiger partial charge in [-0.05, 0) is 32.8 Å². The third-order valence-electron chi connectivity index (χ3n) is 5.21. The first kappa shape index (κ1) is 16.7. The van der Waals surface area contributed by atoms with Gasteiger partial charge in [0, 0.05) is 30.1 Å². The first-order valence-corrected chi connectivity index (χ1v) is 8.34. The molecule has 24 heavy (non-hydrogen) atoms. The van der Waals surface area contributed by atoms with Gasteiger partial charge in [0.15, 0.2) is 5.78 Å². The molecule has 1 spiro atoms. The van der Waals surface area contributed by atoms with Crippen molar-refractivity contribution in [2.45, 2.75) is 46.6 Å². The van der Waals surface area contributed by atoms with Crippen molar-refractivity contribution < 1.29 is 9.59 Å². The minimum absolute atomic E-state index is 0.00404. The van der Waals surface area contributed by atoms with Crippen molar-refractivity contribution in [3.8, 4) is 0 Å². The van der Waals surface area contributed by atoms with Gasteiger partial charge in [-0.15, -0.1) is 5.10 Å². The maximum Gasteiger partial charge on any atom is 0.247 e. The summed E-state index contributed by atoms with van der Waals surface area (Å²) in [5.41, 5.74) is 6.41. The number of likely N-dealkylation sites (tertiary alicyclic amines) is 1. The summed E-state index contributed by atoms with van der Waals surface area (Å²) in [5.74, 6) is 0.0304. The molecule has 1 fully saturated rings. The van der Waals surface area contributed by atoms with E-state index >= 15 is 0 Å². The van der Waals surface area contributed by atoms with E-state index in [0.29, 0.717) is 18.8 Å². The lowest BCUT2D eigenvalue weighted by molar-refractivity contribution is -0.134. The van der Waals surface area contributed by atoms with Crippen molar-refractivity contribution in [1.82, 2.24) is 19.9 Å². The normalized spacial score (nSPS) is 27.4. The summed E-state index contributed by atoms with van der Waals surface area (Å²) in [4.78, 5) is 26.9. The SMILES string of the molecule is Cc1cn(C(C)C(=O)N2CC[C@]3(C=C(N)C(=O)C(C)(C)C3)C2)nn1. The van der Waals surface area contributed by atoms with E-state index in [2.05, 4.69) is 10.3 Å². The van der Waals surface area contributed by atoms with Crippen LogP contribution in [-0.4, -0.2) is 44.7 Å². The van der Waals surface area contributed by atoms with Crippen molar-refractivity contribution in [3.63, 3.8) is 0 Å². The number of aryl methyl sites for hydroxylation is 1. The van der Waals surface area contributed by atoms with Crippen LogP contribution in [0, 0.1) is 17.8 Å². The Hall–Kier alpha value is -2.18. The van der Waals surface area contributed by atoms with Gasteiger partial charge < -0.3 is 10.6 Å². The Balaban J connectivity index is 1.78. The van der Waals surface area contributed by atoms with Crippen LogP contribution in [0.5, 0.6) is 0 Å². The molecule has 7 nitrogen and oxygen atoms in total. The fraction of sp³-hybridized carbons (Fsp3) is 0.647. The second-order valence-corrected chi connectivity index (χ2v) is 7.88. The van der Waals surface area contributed by atoms with Gasteiger partial charge in [-0.2, -0.15) is 0 Å². The predicted octanol–water partition coefficient (Wildman–Crippen LogP) is 1.21. The minimum atomic E-state index is -0.480. The number of aromatic nitrogens is 3. The Labute approximate surface area is 141 Å². The largest absolute Gasteiger partial charge is 0.396 e. The molecule has 130 valence electrons. The molecule has 1 aromatic rings. The number of Topliss-reactive ketones (excluding diaryl/α,β-unsaturated/α-hetero) is 1. The Morgan fingerprint density at radius 1 is 1.42 bits per heavy atom. The standard InChI is InChI=1S/C17H25N5O2/c1-11-8-22(20-19-11)12(2)15(24)21-6-5-17(10-21)7-13(18)14(23)16(3,4)9-17/h7-8,12H,5-6,9-10,18H2,1-4H3/t12?,17-/m1/s1. The molecule has 2 N–H and O–H groups in total. The highest BCUT2D eigenvalue weighted by Gasteiger charge is 2.48. The van der Waals surface area contributed by atoms with E-state index < -0.39 is 5.41 Å². The molecule has 1 unspecified atom stereocenters. The molecule has 0 radical (unpaired) electrons. The van der Waals surface area contributed by atoms with E-state index in [-0.39, 0.29) is 23.1 Å². The molecular weight excluding hydrogens is 306 g/mol. The molecule has 1 aliphatic heterocycles. The number of hydrogen-bond donors (Lipinski definition) is 1. The van der Waals surface area contributed by atoms with Crippen LogP contribution in [0.1, 0.15) is 45.3 Å². The van der Waals surface area contributed by atoms with Crippen molar-refractivity contribution >= 4 is 11.7 Å². The molecule has 1 saturated heterocycles. The van der Waals surface area contributed by atoms with E-state index in [1.807, 2.05) is 38.7 Å². The second-order valence-electron chi connectivity index (χ2n) is 7.88. The fourth-order valence-corrected chi connectivity index (χ4v) is 4.08. The summed E-state index contributed by atoms with van der Waals surface area (Å²) >= 11 is 0.